The van der Waals surface area contributed by atoms with Crippen LogP contribution in [0.3, 0.4) is 0 Å². The Morgan fingerprint density at radius 1 is 1.12 bits per heavy atom. The fourth-order valence-electron chi connectivity index (χ4n) is 3.30. The Labute approximate surface area is 197 Å². The fourth-order valence-corrected chi connectivity index (χ4v) is 4.84. The number of halogens is 1. The maximum absolute atomic E-state index is 12.9. The van der Waals surface area contributed by atoms with E-state index < -0.39 is 15.9 Å². The molecule has 1 amide bonds. The van der Waals surface area contributed by atoms with Gasteiger partial charge in [-0.05, 0) is 54.4 Å². The van der Waals surface area contributed by atoms with E-state index in [1.165, 1.54) is 18.2 Å². The number of benzene rings is 2. The summed E-state index contributed by atoms with van der Waals surface area (Å²) in [5.74, 6) is 0.854. The lowest BCUT2D eigenvalue weighted by Crippen LogP contribution is -2.28. The molecule has 0 bridgehead atoms. The Kier molecular flexibility index (Phi) is 6.83. The monoisotopic (exact) mass is 487 g/mol. The summed E-state index contributed by atoms with van der Waals surface area (Å²) in [5.41, 5.74) is 1.69. The van der Waals surface area contributed by atoms with Crippen molar-refractivity contribution in [2.45, 2.75) is 24.4 Å². The normalized spacial score (nSPS) is 13.9. The van der Waals surface area contributed by atoms with Crippen LogP contribution in [0.5, 0.6) is 11.5 Å². The summed E-state index contributed by atoms with van der Waals surface area (Å²) in [5, 5.41) is 2.89. The molecular weight excluding hydrogens is 466 g/mol. The molecule has 1 aromatic heterocycles. The second kappa shape index (κ2) is 9.78. The fraction of sp³-hybridized carbons (Fsp3) is 0.217. The molecule has 8 nitrogen and oxygen atoms in total. The third-order valence-corrected chi connectivity index (χ3v) is 6.97. The van der Waals surface area contributed by atoms with Crippen molar-refractivity contribution >= 4 is 27.5 Å². The first-order valence-corrected chi connectivity index (χ1v) is 12.1. The maximum Gasteiger partial charge on any atom is 0.251 e. The van der Waals surface area contributed by atoms with Gasteiger partial charge >= 0.3 is 0 Å². The molecule has 2 N–H and O–H groups in total. The number of hydrogen-bond donors (Lipinski definition) is 2. The smallest absolute Gasteiger partial charge is 0.251 e. The van der Waals surface area contributed by atoms with Gasteiger partial charge < -0.3 is 14.8 Å². The predicted molar refractivity (Wildman–Crippen MR) is 123 cm³/mol. The molecule has 2 aromatic carbocycles. The number of sulfonamides is 1. The number of fused-ring (bicyclic) bond motifs is 1. The molecule has 10 heteroatoms. The number of nitrogens with one attached hydrogen (secondary N) is 2. The molecule has 2 heterocycles. The first-order valence-electron chi connectivity index (χ1n) is 10.2. The molecule has 3 aromatic rings. The van der Waals surface area contributed by atoms with Gasteiger partial charge in [0.2, 0.25) is 10.0 Å². The number of rotatable bonds is 7. The van der Waals surface area contributed by atoms with Crippen molar-refractivity contribution in [1.82, 2.24) is 15.0 Å². The number of nitrogens with zero attached hydrogens (tertiary/aromatic N) is 1. The van der Waals surface area contributed by atoms with Crippen molar-refractivity contribution in [2.75, 3.05) is 13.2 Å². The highest BCUT2D eigenvalue weighted by Gasteiger charge is 2.21. The zero-order valence-electron chi connectivity index (χ0n) is 17.7. The van der Waals surface area contributed by atoms with Crippen LogP contribution in [-0.2, 0) is 16.6 Å². The number of hydrogen-bond acceptors (Lipinski definition) is 6. The molecule has 0 fully saturated rings. The molecule has 1 aliphatic rings. The van der Waals surface area contributed by atoms with Crippen LogP contribution in [-0.4, -0.2) is 32.5 Å². The second-order valence-corrected chi connectivity index (χ2v) is 9.57. The van der Waals surface area contributed by atoms with Gasteiger partial charge in [-0.2, -0.15) is 0 Å². The summed E-state index contributed by atoms with van der Waals surface area (Å²) >= 11 is 6.15. The van der Waals surface area contributed by atoms with Gasteiger partial charge in [-0.15, -0.1) is 0 Å². The molecule has 1 aliphatic heterocycles. The minimum absolute atomic E-state index is 0.0186. The van der Waals surface area contributed by atoms with Crippen molar-refractivity contribution in [2.24, 2.45) is 0 Å². The molecule has 33 heavy (non-hydrogen) atoms. The van der Waals surface area contributed by atoms with Gasteiger partial charge in [-0.3, -0.25) is 9.78 Å². The average molecular weight is 488 g/mol. The van der Waals surface area contributed by atoms with E-state index in [-0.39, 0.29) is 28.1 Å². The first kappa shape index (κ1) is 23.0. The Hall–Kier alpha value is -3.14. The number of ether oxygens (including phenoxy) is 2. The lowest BCUT2D eigenvalue weighted by molar-refractivity contribution is 0.0939. The molecule has 1 atom stereocenters. The molecule has 0 radical (unpaired) electrons. The molecule has 0 saturated carbocycles. The minimum atomic E-state index is -3.96. The van der Waals surface area contributed by atoms with E-state index in [9.17, 15) is 13.2 Å². The topological polar surface area (TPSA) is 107 Å². The summed E-state index contributed by atoms with van der Waals surface area (Å²) in [6, 6.07) is 12.7. The highest BCUT2D eigenvalue weighted by atomic mass is 35.5. The largest absolute Gasteiger partial charge is 0.486 e. The highest BCUT2D eigenvalue weighted by Crippen LogP contribution is 2.32. The summed E-state index contributed by atoms with van der Waals surface area (Å²) in [4.78, 5) is 16.6. The van der Waals surface area contributed by atoms with Crippen LogP contribution in [0.15, 0.2) is 65.8 Å². The number of pyridine rings is 1. The maximum atomic E-state index is 12.9. The summed E-state index contributed by atoms with van der Waals surface area (Å²) in [6.07, 6.45) is 3.16. The van der Waals surface area contributed by atoms with Crippen LogP contribution in [0.1, 0.15) is 34.5 Å². The van der Waals surface area contributed by atoms with E-state index in [0.717, 1.165) is 5.56 Å². The summed E-state index contributed by atoms with van der Waals surface area (Å²) in [6.45, 7) is 2.84. The van der Waals surface area contributed by atoms with Crippen molar-refractivity contribution in [1.29, 1.82) is 0 Å². The minimum Gasteiger partial charge on any atom is -0.486 e. The van der Waals surface area contributed by atoms with Gasteiger partial charge in [0.15, 0.2) is 11.5 Å². The molecular formula is C23H22ClN3O5S. The van der Waals surface area contributed by atoms with Crippen LogP contribution in [0.2, 0.25) is 5.02 Å². The van der Waals surface area contributed by atoms with Crippen molar-refractivity contribution in [3.63, 3.8) is 0 Å². The summed E-state index contributed by atoms with van der Waals surface area (Å²) < 4.78 is 39.2. The standard InChI is InChI=1S/C23H22ClN3O5S/c1-15(17-5-7-20-21(11-17)32-10-9-31-20)27-23(28)18-4-6-19(24)22(12-18)33(29,30)26-14-16-3-2-8-25-13-16/h2-8,11-13,15,26H,9-10,14H2,1H3,(H,27,28)/t15-/m0/s1. The molecule has 4 rings (SSSR count). The number of carbonyl (C=O) groups is 1. The molecule has 0 saturated heterocycles. The summed E-state index contributed by atoms with van der Waals surface area (Å²) in [7, 11) is -3.96. The van der Waals surface area contributed by atoms with E-state index in [1.807, 2.05) is 19.1 Å². The van der Waals surface area contributed by atoms with Gasteiger partial charge in [0, 0.05) is 24.5 Å². The van der Waals surface area contributed by atoms with Crippen LogP contribution in [0.4, 0.5) is 0 Å². The Bertz CT molecular complexity index is 1270. The lowest BCUT2D eigenvalue weighted by atomic mass is 10.1. The van der Waals surface area contributed by atoms with Crippen molar-refractivity contribution in [3.05, 3.63) is 82.6 Å². The first-order chi connectivity index (χ1) is 15.8. The number of amides is 1. The number of carbonyl (C=O) groups excluding carboxylic acids is 1. The van der Waals surface area contributed by atoms with Gasteiger partial charge in [-0.1, -0.05) is 23.7 Å². The van der Waals surface area contributed by atoms with Crippen LogP contribution < -0.4 is 19.5 Å². The molecule has 0 aliphatic carbocycles. The average Bonchev–Trinajstić information content (AvgIpc) is 2.83. The lowest BCUT2D eigenvalue weighted by Gasteiger charge is -2.21. The van der Waals surface area contributed by atoms with Crippen molar-refractivity contribution in [3.8, 4) is 11.5 Å². The zero-order chi connectivity index (χ0) is 23.4. The highest BCUT2D eigenvalue weighted by molar-refractivity contribution is 7.89. The van der Waals surface area contributed by atoms with E-state index in [1.54, 1.807) is 30.6 Å². The Balaban J connectivity index is 1.49. The van der Waals surface area contributed by atoms with Gasteiger partial charge in [0.25, 0.3) is 5.91 Å². The van der Waals surface area contributed by atoms with Gasteiger partial charge in [0.1, 0.15) is 18.1 Å². The van der Waals surface area contributed by atoms with E-state index in [4.69, 9.17) is 21.1 Å². The molecule has 0 unspecified atom stereocenters. The third kappa shape index (κ3) is 5.44. The number of aromatic nitrogens is 1. The Morgan fingerprint density at radius 3 is 2.67 bits per heavy atom. The SMILES string of the molecule is C[C@H](NC(=O)c1ccc(Cl)c(S(=O)(=O)NCc2cccnc2)c1)c1ccc2c(c1)OCCO2. The van der Waals surface area contributed by atoms with E-state index >= 15 is 0 Å². The van der Waals surface area contributed by atoms with Gasteiger partial charge in [-0.25, -0.2) is 13.1 Å². The predicted octanol–water partition coefficient (Wildman–Crippen LogP) is 3.48. The quantitative estimate of drug-likeness (QED) is 0.528. The van der Waals surface area contributed by atoms with Crippen LogP contribution in [0.25, 0.3) is 0 Å². The van der Waals surface area contributed by atoms with E-state index in [2.05, 4.69) is 15.0 Å². The van der Waals surface area contributed by atoms with Crippen molar-refractivity contribution < 1.29 is 22.7 Å². The Morgan fingerprint density at radius 2 is 1.91 bits per heavy atom. The zero-order valence-corrected chi connectivity index (χ0v) is 19.3. The van der Waals surface area contributed by atoms with Crippen LogP contribution in [0, 0.1) is 0 Å². The van der Waals surface area contributed by atoms with Crippen LogP contribution >= 0.6 is 11.6 Å². The second-order valence-electron chi connectivity index (χ2n) is 7.43. The molecule has 0 spiro atoms. The van der Waals surface area contributed by atoms with Gasteiger partial charge in [0.05, 0.1) is 11.1 Å². The molecule has 172 valence electrons. The van der Waals surface area contributed by atoms with E-state index in [0.29, 0.717) is 30.3 Å². The third-order valence-electron chi connectivity index (χ3n) is 5.09.